The Labute approximate surface area is 121 Å². The Morgan fingerprint density at radius 1 is 1.33 bits per heavy atom. The Morgan fingerprint density at radius 3 is 2.57 bits per heavy atom. The van der Waals surface area contributed by atoms with Gasteiger partial charge < -0.3 is 19.6 Å². The minimum Gasteiger partial charge on any atom is -0.465 e. The first-order valence-electron chi connectivity index (χ1n) is 6.85. The molecule has 8 heteroatoms. The van der Waals surface area contributed by atoms with Crippen molar-refractivity contribution in [3.05, 3.63) is 18.0 Å². The van der Waals surface area contributed by atoms with Gasteiger partial charge in [-0.15, -0.1) is 0 Å². The molecule has 0 spiro atoms. The van der Waals surface area contributed by atoms with Crippen molar-refractivity contribution in [3.63, 3.8) is 0 Å². The van der Waals surface area contributed by atoms with Crippen molar-refractivity contribution in [2.45, 2.75) is 25.4 Å². The number of nitrogens with zero attached hydrogens (tertiary/aromatic N) is 4. The molecule has 2 atom stereocenters. The Hall–Kier alpha value is -2.38. The van der Waals surface area contributed by atoms with E-state index in [0.717, 1.165) is 6.42 Å². The Morgan fingerprint density at radius 2 is 2.05 bits per heavy atom. The number of carbonyl (C=O) groups excluding carboxylic acids is 1. The van der Waals surface area contributed by atoms with Gasteiger partial charge in [0.2, 0.25) is 5.95 Å². The fourth-order valence-electron chi connectivity index (χ4n) is 2.94. The number of carboxylic acid groups (broad SMARTS) is 1. The number of aromatic nitrogens is 2. The topological polar surface area (TPSA) is 95.9 Å². The predicted molar refractivity (Wildman–Crippen MR) is 72.3 cm³/mol. The van der Waals surface area contributed by atoms with Crippen LogP contribution in [-0.4, -0.2) is 63.8 Å². The number of likely N-dealkylation sites (tertiary alicyclic amines) is 1. The molecule has 2 saturated heterocycles. The van der Waals surface area contributed by atoms with Gasteiger partial charge in [0.05, 0.1) is 24.3 Å². The fraction of sp³-hybridized carbons (Fsp3) is 0.538. The third-order valence-electron chi connectivity index (χ3n) is 3.89. The van der Waals surface area contributed by atoms with Crippen molar-refractivity contribution in [1.29, 1.82) is 0 Å². The minimum atomic E-state index is -0.874. The maximum Gasteiger partial charge on any atom is 0.407 e. The molecule has 2 aliphatic rings. The molecule has 112 valence electrons. The predicted octanol–water partition coefficient (Wildman–Crippen LogP) is 0.594. The van der Waals surface area contributed by atoms with Crippen molar-refractivity contribution < 1.29 is 19.4 Å². The van der Waals surface area contributed by atoms with Crippen molar-refractivity contribution in [3.8, 4) is 0 Å². The van der Waals surface area contributed by atoms with E-state index in [1.54, 1.807) is 6.92 Å². The van der Waals surface area contributed by atoms with Crippen LogP contribution in [-0.2, 0) is 4.74 Å². The molecular formula is C13H16N4O4. The summed E-state index contributed by atoms with van der Waals surface area (Å²) in [6.45, 7) is 3.11. The smallest absolute Gasteiger partial charge is 0.407 e. The first-order valence-corrected chi connectivity index (χ1v) is 6.85. The van der Waals surface area contributed by atoms with Crippen molar-refractivity contribution in [1.82, 2.24) is 14.9 Å². The highest BCUT2D eigenvalue weighted by Crippen LogP contribution is 2.32. The van der Waals surface area contributed by atoms with Gasteiger partial charge >= 0.3 is 12.1 Å². The Kier molecular flexibility index (Phi) is 3.36. The molecule has 3 rings (SSSR count). The lowest BCUT2D eigenvalue weighted by atomic mass is 10.2. The summed E-state index contributed by atoms with van der Waals surface area (Å²) in [4.78, 5) is 34.4. The van der Waals surface area contributed by atoms with E-state index in [2.05, 4.69) is 9.97 Å². The molecule has 2 fully saturated rings. The zero-order chi connectivity index (χ0) is 15.0. The summed E-state index contributed by atoms with van der Waals surface area (Å²) in [6.07, 6.45) is 2.82. The lowest BCUT2D eigenvalue weighted by Gasteiger charge is -2.32. The van der Waals surface area contributed by atoms with Crippen LogP contribution in [0.4, 0.5) is 10.7 Å². The van der Waals surface area contributed by atoms with Crippen molar-refractivity contribution in [2.24, 2.45) is 0 Å². The summed E-state index contributed by atoms with van der Waals surface area (Å²) in [7, 11) is 0. The van der Waals surface area contributed by atoms with E-state index >= 15 is 0 Å². The van der Waals surface area contributed by atoms with Crippen LogP contribution >= 0.6 is 0 Å². The molecule has 1 aromatic heterocycles. The molecule has 1 aromatic rings. The average molecular weight is 292 g/mol. The van der Waals surface area contributed by atoms with E-state index in [0.29, 0.717) is 31.2 Å². The summed E-state index contributed by atoms with van der Waals surface area (Å²) in [6, 6.07) is 0.111. The maximum absolute atomic E-state index is 11.5. The van der Waals surface area contributed by atoms with Gasteiger partial charge in [-0.2, -0.15) is 0 Å². The molecule has 1 amide bonds. The van der Waals surface area contributed by atoms with Gasteiger partial charge in [0.15, 0.2) is 0 Å². The summed E-state index contributed by atoms with van der Waals surface area (Å²) < 4.78 is 4.88. The van der Waals surface area contributed by atoms with Crippen LogP contribution < -0.4 is 4.90 Å². The highest BCUT2D eigenvalue weighted by molar-refractivity contribution is 5.88. The van der Waals surface area contributed by atoms with Crippen LogP contribution in [0.3, 0.4) is 0 Å². The van der Waals surface area contributed by atoms with E-state index in [4.69, 9.17) is 9.84 Å². The molecule has 0 radical (unpaired) electrons. The van der Waals surface area contributed by atoms with Gasteiger partial charge in [-0.1, -0.05) is 0 Å². The largest absolute Gasteiger partial charge is 0.465 e. The third-order valence-corrected chi connectivity index (χ3v) is 3.89. The molecule has 2 bridgehead atoms. The number of anilines is 1. The molecule has 1 N–H and O–H groups in total. The van der Waals surface area contributed by atoms with Gasteiger partial charge in [0, 0.05) is 25.5 Å². The number of carbonyl (C=O) groups is 2. The zero-order valence-electron chi connectivity index (χ0n) is 11.6. The molecule has 21 heavy (non-hydrogen) atoms. The summed E-state index contributed by atoms with van der Waals surface area (Å²) >= 11 is 0. The Balaban J connectivity index is 1.70. The first-order chi connectivity index (χ1) is 10.1. The van der Waals surface area contributed by atoms with E-state index < -0.39 is 12.1 Å². The van der Waals surface area contributed by atoms with E-state index in [9.17, 15) is 9.59 Å². The quantitative estimate of drug-likeness (QED) is 0.815. The standard InChI is InChI=1S/C13H16N4O4/c1-2-21-11(18)8-4-14-12(15-5-8)16-6-10-3-9(16)7-17(10)13(19)20/h4-5,9-10H,2-3,6-7H2,1H3,(H,19,20). The maximum atomic E-state index is 11.5. The van der Waals surface area contributed by atoms with Crippen LogP contribution in [0.5, 0.6) is 0 Å². The van der Waals surface area contributed by atoms with Crippen molar-refractivity contribution in [2.75, 3.05) is 24.6 Å². The van der Waals surface area contributed by atoms with Gasteiger partial charge in [0.25, 0.3) is 0 Å². The number of amides is 1. The molecule has 0 aliphatic carbocycles. The highest BCUT2D eigenvalue weighted by Gasteiger charge is 2.46. The van der Waals surface area contributed by atoms with Crippen LogP contribution in [0.1, 0.15) is 23.7 Å². The van der Waals surface area contributed by atoms with Crippen molar-refractivity contribution >= 4 is 18.0 Å². The van der Waals surface area contributed by atoms with Gasteiger partial charge in [0.1, 0.15) is 0 Å². The molecule has 2 aliphatic heterocycles. The Bertz CT molecular complexity index is 562. The minimum absolute atomic E-state index is 0.000771. The van der Waals surface area contributed by atoms with E-state index in [1.165, 1.54) is 17.3 Å². The number of hydrogen-bond donors (Lipinski definition) is 1. The summed E-state index contributed by atoms with van der Waals surface area (Å²) in [5, 5.41) is 9.06. The molecule has 3 heterocycles. The molecular weight excluding hydrogens is 276 g/mol. The number of ether oxygens (including phenoxy) is 1. The number of rotatable bonds is 3. The second kappa shape index (κ2) is 5.19. The van der Waals surface area contributed by atoms with Gasteiger partial charge in [-0.25, -0.2) is 19.6 Å². The molecule has 0 aromatic carbocycles. The lowest BCUT2D eigenvalue weighted by Crippen LogP contribution is -2.48. The number of esters is 1. The summed E-state index contributed by atoms with van der Waals surface area (Å²) in [5.74, 6) is 0.0876. The van der Waals surface area contributed by atoms with Crippen LogP contribution in [0.25, 0.3) is 0 Å². The fourth-order valence-corrected chi connectivity index (χ4v) is 2.94. The first kappa shape index (κ1) is 13.6. The van der Waals surface area contributed by atoms with Gasteiger partial charge in [-0.3, -0.25) is 0 Å². The molecule has 0 saturated carbocycles. The normalized spacial score (nSPS) is 23.5. The number of hydrogen-bond acceptors (Lipinski definition) is 6. The summed E-state index contributed by atoms with van der Waals surface area (Å²) in [5.41, 5.74) is 0.317. The third kappa shape index (κ3) is 2.37. The van der Waals surface area contributed by atoms with Crippen LogP contribution in [0.2, 0.25) is 0 Å². The zero-order valence-corrected chi connectivity index (χ0v) is 11.6. The van der Waals surface area contributed by atoms with Crippen LogP contribution in [0, 0.1) is 0 Å². The highest BCUT2D eigenvalue weighted by atomic mass is 16.5. The van der Waals surface area contributed by atoms with E-state index in [-0.39, 0.29) is 12.1 Å². The molecule has 8 nitrogen and oxygen atoms in total. The number of piperazine rings is 1. The monoisotopic (exact) mass is 292 g/mol. The van der Waals surface area contributed by atoms with Crippen LogP contribution in [0.15, 0.2) is 12.4 Å². The average Bonchev–Trinajstić information content (AvgIpc) is 3.08. The SMILES string of the molecule is CCOC(=O)c1cnc(N2CC3CC2CN3C(=O)O)nc1. The second-order valence-corrected chi connectivity index (χ2v) is 5.12. The molecule has 2 unspecified atom stereocenters. The van der Waals surface area contributed by atoms with E-state index in [1.807, 2.05) is 4.90 Å². The van der Waals surface area contributed by atoms with Gasteiger partial charge in [-0.05, 0) is 13.3 Å². The number of fused-ring (bicyclic) bond motifs is 2. The lowest BCUT2D eigenvalue weighted by molar-refractivity contribution is 0.0525. The second-order valence-electron chi connectivity index (χ2n) is 5.12.